The zero-order chi connectivity index (χ0) is 19.1. The van der Waals surface area contributed by atoms with Gasteiger partial charge in [-0.1, -0.05) is 10.3 Å². The summed E-state index contributed by atoms with van der Waals surface area (Å²) in [7, 11) is 1.25. The summed E-state index contributed by atoms with van der Waals surface area (Å²) in [4.78, 5) is 46.7. The molecule has 3 amide bonds. The molecule has 1 fully saturated rings. The number of β-lactam (4-membered cyclic amide) rings is 1. The van der Waals surface area contributed by atoms with E-state index in [1.165, 1.54) is 12.5 Å². The molecule has 0 radical (unpaired) electrons. The minimum Gasteiger partial charge on any atom is -0.398 e. The van der Waals surface area contributed by atoms with E-state index in [1.807, 2.05) is 0 Å². The fourth-order valence-electron chi connectivity index (χ4n) is 1.98. The van der Waals surface area contributed by atoms with Crippen LogP contribution in [0.5, 0.6) is 0 Å². The van der Waals surface area contributed by atoms with Crippen LogP contribution in [0.25, 0.3) is 10.4 Å². The molecular formula is C12H13ClN8O4S. The molecule has 0 spiro atoms. The van der Waals surface area contributed by atoms with Gasteiger partial charge in [0.05, 0.1) is 6.04 Å². The Morgan fingerprint density at radius 2 is 2.35 bits per heavy atom. The van der Waals surface area contributed by atoms with Crippen molar-refractivity contribution in [3.8, 4) is 0 Å². The Bertz CT molecular complexity index is 790. The van der Waals surface area contributed by atoms with Crippen molar-refractivity contribution in [3.05, 3.63) is 21.5 Å². The Morgan fingerprint density at radius 3 is 2.96 bits per heavy atom. The van der Waals surface area contributed by atoms with Gasteiger partial charge >= 0.3 is 0 Å². The molecule has 2 heterocycles. The summed E-state index contributed by atoms with van der Waals surface area (Å²) >= 11 is 6.47. The lowest BCUT2D eigenvalue weighted by molar-refractivity contribution is -0.134. The fraction of sp³-hybridized carbons (Fsp3) is 0.417. The normalized spacial score (nSPS) is 18.8. The molecule has 1 aromatic heterocycles. The number of hydrogen-bond acceptors (Lipinski definition) is 8. The van der Waals surface area contributed by atoms with Crippen LogP contribution in [0.2, 0.25) is 0 Å². The molecule has 26 heavy (non-hydrogen) atoms. The molecule has 14 heteroatoms. The summed E-state index contributed by atoms with van der Waals surface area (Å²) in [5.74, 6) is -1.81. The van der Waals surface area contributed by atoms with Crippen molar-refractivity contribution < 1.29 is 19.2 Å². The molecule has 138 valence electrons. The van der Waals surface area contributed by atoms with Gasteiger partial charge in [0.1, 0.15) is 24.7 Å². The minimum absolute atomic E-state index is 0.00471. The molecule has 2 atom stereocenters. The number of anilines is 1. The first-order valence-electron chi connectivity index (χ1n) is 7.05. The monoisotopic (exact) mass is 400 g/mol. The SMILES string of the molecule is CON=C(C(=O)NC1C(=O)NC1CN=[N+]=[N-])c1csc(NC(=O)CCl)n1. The van der Waals surface area contributed by atoms with Crippen LogP contribution in [0.3, 0.4) is 0 Å². The van der Waals surface area contributed by atoms with Gasteiger partial charge in [0.15, 0.2) is 10.8 Å². The number of alkyl halides is 1. The molecule has 2 unspecified atom stereocenters. The number of halogens is 1. The van der Waals surface area contributed by atoms with E-state index in [0.29, 0.717) is 0 Å². The van der Waals surface area contributed by atoms with E-state index < -0.39 is 29.8 Å². The molecule has 0 bridgehead atoms. The number of rotatable bonds is 8. The quantitative estimate of drug-likeness (QED) is 0.105. The van der Waals surface area contributed by atoms with Crippen molar-refractivity contribution in [2.45, 2.75) is 12.1 Å². The highest BCUT2D eigenvalue weighted by Crippen LogP contribution is 2.17. The predicted molar refractivity (Wildman–Crippen MR) is 92.9 cm³/mol. The number of oxime groups is 1. The molecule has 0 aliphatic carbocycles. The van der Waals surface area contributed by atoms with Crippen molar-refractivity contribution in [2.24, 2.45) is 10.3 Å². The third-order valence-corrected chi connectivity index (χ3v) is 4.15. The molecule has 1 aliphatic heterocycles. The van der Waals surface area contributed by atoms with Crippen molar-refractivity contribution in [3.63, 3.8) is 0 Å². The molecule has 0 aromatic carbocycles. The Hall–Kier alpha value is -2.89. The number of thiazole rings is 1. The summed E-state index contributed by atoms with van der Waals surface area (Å²) in [6.45, 7) is -0.00471. The summed E-state index contributed by atoms with van der Waals surface area (Å²) in [6.07, 6.45) is 0. The summed E-state index contributed by atoms with van der Waals surface area (Å²) in [5.41, 5.74) is 8.30. The Morgan fingerprint density at radius 1 is 1.58 bits per heavy atom. The average Bonchev–Trinajstić information content (AvgIpc) is 3.08. The first-order chi connectivity index (χ1) is 12.5. The third kappa shape index (κ3) is 4.59. The number of nitrogens with zero attached hydrogens (tertiary/aromatic N) is 5. The van der Waals surface area contributed by atoms with Crippen LogP contribution in [0.15, 0.2) is 15.7 Å². The van der Waals surface area contributed by atoms with Gasteiger partial charge in [-0.25, -0.2) is 4.98 Å². The molecule has 1 aromatic rings. The zero-order valence-corrected chi connectivity index (χ0v) is 14.9. The van der Waals surface area contributed by atoms with Crippen molar-refractivity contribution in [1.82, 2.24) is 15.6 Å². The highest BCUT2D eigenvalue weighted by Gasteiger charge is 2.40. The van der Waals surface area contributed by atoms with E-state index in [0.717, 1.165) is 11.3 Å². The topological polar surface area (TPSA) is 171 Å². The molecule has 1 aliphatic rings. The Labute approximate surface area is 155 Å². The second-order valence-electron chi connectivity index (χ2n) is 4.82. The van der Waals surface area contributed by atoms with E-state index in [4.69, 9.17) is 17.1 Å². The second kappa shape index (κ2) is 8.99. The van der Waals surface area contributed by atoms with Crippen LogP contribution in [-0.2, 0) is 19.2 Å². The lowest BCUT2D eigenvalue weighted by atomic mass is 9.99. The van der Waals surface area contributed by atoms with Crippen LogP contribution < -0.4 is 16.0 Å². The van der Waals surface area contributed by atoms with E-state index in [-0.39, 0.29) is 29.0 Å². The van der Waals surface area contributed by atoms with Crippen LogP contribution >= 0.6 is 22.9 Å². The van der Waals surface area contributed by atoms with Gasteiger partial charge in [-0.2, -0.15) is 0 Å². The maximum atomic E-state index is 12.4. The molecule has 12 nitrogen and oxygen atoms in total. The maximum Gasteiger partial charge on any atom is 0.276 e. The van der Waals surface area contributed by atoms with Gasteiger partial charge in [0, 0.05) is 16.8 Å². The minimum atomic E-state index is -0.871. The van der Waals surface area contributed by atoms with Crippen LogP contribution in [0.1, 0.15) is 5.69 Å². The molecule has 0 saturated carbocycles. The van der Waals surface area contributed by atoms with Crippen molar-refractivity contribution in [1.29, 1.82) is 0 Å². The molecule has 1 saturated heterocycles. The Balaban J connectivity index is 2.10. The number of carbonyl (C=O) groups excluding carboxylic acids is 3. The number of amides is 3. The van der Waals surface area contributed by atoms with Gasteiger partial charge in [-0.15, -0.1) is 22.9 Å². The smallest absolute Gasteiger partial charge is 0.276 e. The van der Waals surface area contributed by atoms with Gasteiger partial charge in [0.2, 0.25) is 11.8 Å². The Kier molecular flexibility index (Phi) is 6.72. The lowest BCUT2D eigenvalue weighted by Crippen LogP contribution is -2.70. The number of hydrogen-bond donors (Lipinski definition) is 3. The van der Waals surface area contributed by atoms with Gasteiger partial charge in [-0.05, 0) is 5.53 Å². The summed E-state index contributed by atoms with van der Waals surface area (Å²) in [5, 5.41) is 16.1. The van der Waals surface area contributed by atoms with Gasteiger partial charge < -0.3 is 20.8 Å². The van der Waals surface area contributed by atoms with E-state index >= 15 is 0 Å². The predicted octanol–water partition coefficient (Wildman–Crippen LogP) is -0.0356. The first kappa shape index (κ1) is 19.4. The average molecular weight is 401 g/mol. The van der Waals surface area contributed by atoms with Crippen molar-refractivity contribution in [2.75, 3.05) is 24.9 Å². The summed E-state index contributed by atoms with van der Waals surface area (Å²) < 4.78 is 0. The maximum absolute atomic E-state index is 12.4. The van der Waals surface area contributed by atoms with Crippen LogP contribution in [-0.4, -0.2) is 60.0 Å². The van der Waals surface area contributed by atoms with Crippen LogP contribution in [0, 0.1) is 0 Å². The third-order valence-electron chi connectivity index (χ3n) is 3.15. The number of aromatic nitrogens is 1. The fourth-order valence-corrected chi connectivity index (χ4v) is 2.76. The van der Waals surface area contributed by atoms with Crippen LogP contribution in [0.4, 0.5) is 5.13 Å². The number of nitrogens with one attached hydrogen (secondary N) is 3. The van der Waals surface area contributed by atoms with E-state index in [2.05, 4.69) is 41.0 Å². The lowest BCUT2D eigenvalue weighted by Gasteiger charge is -2.36. The molecular weight excluding hydrogens is 388 g/mol. The standard InChI is InChI=1S/C12H13ClN8O4S/c1-25-20-9(6-4-26-12(17-6)18-7(22)2-13)11(24)19-8-5(3-15-21-14)16-10(8)23/h4-5,8H,2-3H2,1H3,(H,16,23)(H,19,24)(H,17,18,22). The highest BCUT2D eigenvalue weighted by molar-refractivity contribution is 7.14. The van der Waals surface area contributed by atoms with E-state index in [9.17, 15) is 14.4 Å². The second-order valence-corrected chi connectivity index (χ2v) is 5.95. The first-order valence-corrected chi connectivity index (χ1v) is 8.46. The van der Waals surface area contributed by atoms with Crippen molar-refractivity contribution >= 4 is 51.5 Å². The molecule has 3 N–H and O–H groups in total. The molecule has 2 rings (SSSR count). The number of carbonyl (C=O) groups is 3. The van der Waals surface area contributed by atoms with Gasteiger partial charge in [-0.3, -0.25) is 14.4 Å². The number of azide groups is 1. The largest absolute Gasteiger partial charge is 0.398 e. The highest BCUT2D eigenvalue weighted by atomic mass is 35.5. The summed E-state index contributed by atoms with van der Waals surface area (Å²) in [6, 6.07) is -1.38. The van der Waals surface area contributed by atoms with Gasteiger partial charge in [0.25, 0.3) is 5.91 Å². The van der Waals surface area contributed by atoms with E-state index in [1.54, 1.807) is 0 Å². The zero-order valence-electron chi connectivity index (χ0n) is 13.3.